The molecule has 0 amide bonds. The molecule has 2 fully saturated rings. The fourth-order valence-electron chi connectivity index (χ4n) is 3.73. The third-order valence-electron chi connectivity index (χ3n) is 5.40. The number of aliphatic carboxylic acids is 2. The Morgan fingerprint density at radius 2 is 1.73 bits per heavy atom. The molecule has 0 saturated carbocycles. The van der Waals surface area contributed by atoms with Crippen molar-refractivity contribution in [3.63, 3.8) is 0 Å². The smallest absolute Gasteiger partial charge is 0.475 e. The van der Waals surface area contributed by atoms with Crippen molar-refractivity contribution < 1.29 is 60.0 Å². The highest BCUT2D eigenvalue weighted by Crippen LogP contribution is 2.42. The lowest BCUT2D eigenvalue weighted by molar-refractivity contribution is -0.193. The number of ether oxygens (including phenoxy) is 2. The average Bonchev–Trinajstić information content (AvgIpc) is 3.51. The highest BCUT2D eigenvalue weighted by molar-refractivity contribution is 5.73. The Morgan fingerprint density at radius 3 is 2.24 bits per heavy atom. The summed E-state index contributed by atoms with van der Waals surface area (Å²) in [5.41, 5.74) is 1.09. The van der Waals surface area contributed by atoms with Crippen LogP contribution in [0.15, 0.2) is 47.2 Å². The molecular formula is C22H24F6N2O7. The van der Waals surface area contributed by atoms with Crippen molar-refractivity contribution in [3.05, 3.63) is 54.2 Å². The van der Waals surface area contributed by atoms with Gasteiger partial charge in [-0.15, -0.1) is 0 Å². The van der Waals surface area contributed by atoms with E-state index < -0.39 is 24.3 Å². The molecule has 0 bridgehead atoms. The second kappa shape index (κ2) is 12.9. The first-order valence-corrected chi connectivity index (χ1v) is 10.6. The molecule has 2 aliphatic heterocycles. The summed E-state index contributed by atoms with van der Waals surface area (Å²) in [5, 5.41) is 14.2. The summed E-state index contributed by atoms with van der Waals surface area (Å²) in [4.78, 5) is 24.6. The maximum atomic E-state index is 10.6. The van der Waals surface area contributed by atoms with E-state index in [2.05, 4.69) is 9.88 Å². The third-order valence-corrected chi connectivity index (χ3v) is 5.40. The Bertz CT molecular complexity index is 962. The number of pyridine rings is 1. The molecule has 0 aromatic carbocycles. The zero-order chi connectivity index (χ0) is 27.7. The van der Waals surface area contributed by atoms with Gasteiger partial charge in [0.2, 0.25) is 0 Å². The van der Waals surface area contributed by atoms with Crippen LogP contribution in [0.3, 0.4) is 0 Å². The van der Waals surface area contributed by atoms with Crippen LogP contribution in [-0.4, -0.2) is 77.3 Å². The molecule has 2 aromatic rings. The van der Waals surface area contributed by atoms with Gasteiger partial charge in [0, 0.05) is 30.6 Å². The van der Waals surface area contributed by atoms with E-state index in [1.165, 1.54) is 0 Å². The molecule has 0 unspecified atom stereocenters. The first-order valence-electron chi connectivity index (χ1n) is 10.6. The van der Waals surface area contributed by atoms with Gasteiger partial charge in [0.05, 0.1) is 44.9 Å². The van der Waals surface area contributed by atoms with Crippen molar-refractivity contribution in [1.82, 2.24) is 9.88 Å². The van der Waals surface area contributed by atoms with Gasteiger partial charge in [-0.3, -0.25) is 9.88 Å². The number of nitrogens with zero attached hydrogens (tertiary/aromatic N) is 2. The number of carbonyl (C=O) groups is 2. The minimum atomic E-state index is -5.08. The van der Waals surface area contributed by atoms with Crippen LogP contribution >= 0.6 is 0 Å². The van der Waals surface area contributed by atoms with Gasteiger partial charge in [-0.25, -0.2) is 9.59 Å². The summed E-state index contributed by atoms with van der Waals surface area (Å²) in [6.45, 7) is 5.83. The van der Waals surface area contributed by atoms with Gasteiger partial charge < -0.3 is 24.1 Å². The lowest BCUT2D eigenvalue weighted by Crippen LogP contribution is -2.35. The van der Waals surface area contributed by atoms with E-state index >= 15 is 0 Å². The van der Waals surface area contributed by atoms with Gasteiger partial charge in [0.15, 0.2) is 0 Å². The van der Waals surface area contributed by atoms with Crippen molar-refractivity contribution >= 4 is 11.9 Å². The Hall–Kier alpha value is -3.17. The third kappa shape index (κ3) is 9.66. The van der Waals surface area contributed by atoms with Crippen LogP contribution in [-0.2, 0) is 32.2 Å². The predicted molar refractivity (Wildman–Crippen MR) is 112 cm³/mol. The van der Waals surface area contributed by atoms with Crippen molar-refractivity contribution in [3.8, 4) is 0 Å². The molecule has 206 valence electrons. The zero-order valence-electron chi connectivity index (χ0n) is 19.2. The minimum Gasteiger partial charge on any atom is -0.475 e. The van der Waals surface area contributed by atoms with Crippen LogP contribution in [0, 0.1) is 11.3 Å². The van der Waals surface area contributed by atoms with Gasteiger partial charge >= 0.3 is 24.3 Å². The molecule has 4 heterocycles. The van der Waals surface area contributed by atoms with E-state index in [1.54, 1.807) is 12.5 Å². The van der Waals surface area contributed by atoms with Gasteiger partial charge in [0.25, 0.3) is 0 Å². The molecule has 15 heteroatoms. The topological polar surface area (TPSA) is 122 Å². The molecule has 0 radical (unpaired) electrons. The molecule has 2 N–H and O–H groups in total. The molecule has 2 aromatic heterocycles. The van der Waals surface area contributed by atoms with Crippen LogP contribution in [0.25, 0.3) is 0 Å². The fraction of sp³-hybridized carbons (Fsp3) is 0.500. The normalized spacial score (nSPS) is 21.3. The Morgan fingerprint density at radius 1 is 1.08 bits per heavy atom. The number of carboxylic acids is 2. The van der Waals surface area contributed by atoms with E-state index in [0.717, 1.165) is 50.9 Å². The number of carboxylic acid groups (broad SMARTS) is 2. The average molecular weight is 542 g/mol. The summed E-state index contributed by atoms with van der Waals surface area (Å²) >= 11 is 0. The first-order chi connectivity index (χ1) is 17.2. The van der Waals surface area contributed by atoms with Crippen LogP contribution in [0.1, 0.15) is 11.5 Å². The number of rotatable bonds is 6. The molecule has 2 saturated heterocycles. The van der Waals surface area contributed by atoms with E-state index in [9.17, 15) is 26.3 Å². The summed E-state index contributed by atoms with van der Waals surface area (Å²) in [7, 11) is 0. The molecule has 0 spiro atoms. The Labute approximate surface area is 206 Å². The summed E-state index contributed by atoms with van der Waals surface area (Å²) in [6, 6.07) is 9.90. The van der Waals surface area contributed by atoms with Gasteiger partial charge in [-0.1, -0.05) is 6.07 Å². The highest BCUT2D eigenvalue weighted by atomic mass is 19.4. The number of hydrogen-bond donors (Lipinski definition) is 2. The minimum absolute atomic E-state index is 0.112. The SMILES string of the molecule is O=C(O)C(F)(F)F.O=C(O)C(F)(F)F.c1ccc(COC[C@]23COC[C@H]2CN(Cc2ccco2)C3)nc1. The van der Waals surface area contributed by atoms with Crippen LogP contribution in [0.5, 0.6) is 0 Å². The number of likely N-dealkylation sites (tertiary alicyclic amines) is 1. The number of alkyl halides is 6. The second-order valence-corrected chi connectivity index (χ2v) is 8.24. The van der Waals surface area contributed by atoms with Crippen molar-refractivity contribution in [2.75, 3.05) is 32.9 Å². The number of furan rings is 1. The summed E-state index contributed by atoms with van der Waals surface area (Å²) in [6.07, 6.45) is -6.62. The largest absolute Gasteiger partial charge is 0.490 e. The Balaban J connectivity index is 0.000000286. The number of halogens is 6. The molecule has 4 rings (SSSR count). The number of hydrogen-bond acceptors (Lipinski definition) is 7. The second-order valence-electron chi connectivity index (χ2n) is 8.24. The van der Waals surface area contributed by atoms with Crippen LogP contribution in [0.4, 0.5) is 26.3 Å². The molecule has 0 aliphatic carbocycles. The number of aromatic nitrogens is 1. The van der Waals surface area contributed by atoms with Crippen molar-refractivity contribution in [2.45, 2.75) is 25.5 Å². The lowest BCUT2D eigenvalue weighted by atomic mass is 9.82. The van der Waals surface area contributed by atoms with Crippen molar-refractivity contribution in [1.29, 1.82) is 0 Å². The van der Waals surface area contributed by atoms with Gasteiger partial charge in [-0.2, -0.15) is 26.3 Å². The van der Waals surface area contributed by atoms with E-state index in [4.69, 9.17) is 33.7 Å². The molecule has 2 atom stereocenters. The van der Waals surface area contributed by atoms with Gasteiger partial charge in [0.1, 0.15) is 5.76 Å². The molecule has 2 aliphatic rings. The lowest BCUT2D eigenvalue weighted by Gasteiger charge is -2.26. The monoisotopic (exact) mass is 542 g/mol. The maximum Gasteiger partial charge on any atom is 0.490 e. The molecular weight excluding hydrogens is 518 g/mol. The fourth-order valence-corrected chi connectivity index (χ4v) is 3.73. The first kappa shape index (κ1) is 30.1. The van der Waals surface area contributed by atoms with E-state index in [-0.39, 0.29) is 5.41 Å². The standard InChI is InChI=1S/C18H22N2O3.2C2HF3O2/c1-2-6-19-16(4-1)11-22-14-18-12-20(8-15(18)10-21-13-18)9-17-5-3-7-23-17;2*3-2(4,5)1(6)7/h1-7,15H,8-14H2;2*(H,6,7)/t15-,18+;;/m1../s1. The highest BCUT2D eigenvalue weighted by Gasteiger charge is 2.50. The van der Waals surface area contributed by atoms with E-state index in [0.29, 0.717) is 12.5 Å². The van der Waals surface area contributed by atoms with Crippen LogP contribution < -0.4 is 0 Å². The summed E-state index contributed by atoms with van der Waals surface area (Å²) < 4.78 is 80.7. The summed E-state index contributed by atoms with van der Waals surface area (Å²) in [5.74, 6) is -3.95. The van der Waals surface area contributed by atoms with E-state index in [1.807, 2.05) is 30.3 Å². The van der Waals surface area contributed by atoms with Crippen LogP contribution in [0.2, 0.25) is 0 Å². The Kier molecular flexibility index (Phi) is 10.5. The quantitative estimate of drug-likeness (QED) is 0.527. The maximum absolute atomic E-state index is 10.6. The zero-order valence-corrected chi connectivity index (χ0v) is 19.2. The number of fused-ring (bicyclic) bond motifs is 1. The van der Waals surface area contributed by atoms with Crippen molar-refractivity contribution in [2.24, 2.45) is 11.3 Å². The predicted octanol–water partition coefficient (Wildman–Crippen LogP) is 3.61. The molecule has 37 heavy (non-hydrogen) atoms. The molecule has 9 nitrogen and oxygen atoms in total. The van der Waals surface area contributed by atoms with Gasteiger partial charge in [-0.05, 0) is 24.3 Å².